The second-order valence-corrected chi connectivity index (χ2v) is 7.45. The number of halogens is 1. The van der Waals surface area contributed by atoms with Gasteiger partial charge in [0.1, 0.15) is 5.75 Å². The Bertz CT molecular complexity index is 577. The van der Waals surface area contributed by atoms with Crippen molar-refractivity contribution in [2.45, 2.75) is 36.7 Å². The number of methoxy groups -OCH3 is 1. The number of hydrogen-bond donors (Lipinski definition) is 2. The summed E-state index contributed by atoms with van der Waals surface area (Å²) < 4.78 is 33.3. The van der Waals surface area contributed by atoms with Gasteiger partial charge in [0.05, 0.1) is 12.0 Å². The van der Waals surface area contributed by atoms with E-state index in [1.165, 1.54) is 0 Å². The van der Waals surface area contributed by atoms with Crippen molar-refractivity contribution in [2.75, 3.05) is 13.7 Å². The average molecular weight is 363 g/mol. The number of rotatable bonds is 4. The normalized spacial score (nSPS) is 23.6. The number of sulfonamides is 1. The zero-order chi connectivity index (χ0) is 14.8. The Labute approximate surface area is 128 Å². The van der Waals surface area contributed by atoms with Gasteiger partial charge in [-0.1, -0.05) is 0 Å². The average Bonchev–Trinajstić information content (AvgIpc) is 2.40. The molecule has 112 valence electrons. The van der Waals surface area contributed by atoms with E-state index in [1.54, 1.807) is 25.3 Å². The van der Waals surface area contributed by atoms with Gasteiger partial charge in [-0.3, -0.25) is 0 Å². The van der Waals surface area contributed by atoms with Crippen LogP contribution in [0, 0.1) is 0 Å². The minimum atomic E-state index is -3.54. The fourth-order valence-corrected chi connectivity index (χ4v) is 4.70. The van der Waals surface area contributed by atoms with Gasteiger partial charge in [-0.2, -0.15) is 0 Å². The molecule has 0 aliphatic carbocycles. The molecule has 1 saturated heterocycles. The fraction of sp³-hybridized carbons (Fsp3) is 0.538. The van der Waals surface area contributed by atoms with Crippen LogP contribution >= 0.6 is 15.9 Å². The summed E-state index contributed by atoms with van der Waals surface area (Å²) in [5.74, 6) is 0.614. The molecule has 2 rings (SSSR count). The zero-order valence-corrected chi connectivity index (χ0v) is 13.9. The van der Waals surface area contributed by atoms with E-state index in [9.17, 15) is 8.42 Å². The zero-order valence-electron chi connectivity index (χ0n) is 11.5. The van der Waals surface area contributed by atoms with Crippen LogP contribution in [-0.4, -0.2) is 34.2 Å². The van der Waals surface area contributed by atoms with E-state index in [0.717, 1.165) is 19.4 Å². The van der Waals surface area contributed by atoms with Crippen molar-refractivity contribution in [1.82, 2.24) is 10.0 Å². The van der Waals surface area contributed by atoms with Gasteiger partial charge >= 0.3 is 0 Å². The van der Waals surface area contributed by atoms with Crippen LogP contribution in [0.3, 0.4) is 0 Å². The Kier molecular flexibility index (Phi) is 5.06. The molecule has 2 atom stereocenters. The van der Waals surface area contributed by atoms with Crippen molar-refractivity contribution in [3.63, 3.8) is 0 Å². The molecule has 2 N–H and O–H groups in total. The highest BCUT2D eigenvalue weighted by Crippen LogP contribution is 2.27. The van der Waals surface area contributed by atoms with Crippen LogP contribution in [0.5, 0.6) is 5.75 Å². The maximum absolute atomic E-state index is 12.5. The summed E-state index contributed by atoms with van der Waals surface area (Å²) in [5, 5.41) is 3.28. The smallest absolute Gasteiger partial charge is 0.241 e. The van der Waals surface area contributed by atoms with Crippen molar-refractivity contribution < 1.29 is 13.2 Å². The maximum atomic E-state index is 12.5. The third kappa shape index (κ3) is 3.52. The lowest BCUT2D eigenvalue weighted by molar-refractivity contribution is 0.348. The molecule has 0 radical (unpaired) electrons. The van der Waals surface area contributed by atoms with Gasteiger partial charge in [-0.15, -0.1) is 0 Å². The van der Waals surface area contributed by atoms with Crippen molar-refractivity contribution in [3.8, 4) is 5.75 Å². The number of ether oxygens (including phenoxy) is 1. The van der Waals surface area contributed by atoms with Gasteiger partial charge in [-0.25, -0.2) is 13.1 Å². The molecule has 20 heavy (non-hydrogen) atoms. The van der Waals surface area contributed by atoms with Crippen molar-refractivity contribution >= 4 is 26.0 Å². The summed E-state index contributed by atoms with van der Waals surface area (Å²) in [6.07, 6.45) is 1.82. The molecule has 1 fully saturated rings. The van der Waals surface area contributed by atoms with Crippen LogP contribution < -0.4 is 14.8 Å². The quantitative estimate of drug-likeness (QED) is 0.857. The standard InChI is InChI=1S/C13H19BrN2O3S/c1-9-12(4-3-7-15-9)16-20(17,18)13-6-5-10(19-2)8-11(13)14/h5-6,8-9,12,15-16H,3-4,7H2,1-2H3. The van der Waals surface area contributed by atoms with Gasteiger partial charge in [-0.05, 0) is 60.4 Å². The van der Waals surface area contributed by atoms with Crippen molar-refractivity contribution in [3.05, 3.63) is 22.7 Å². The lowest BCUT2D eigenvalue weighted by Crippen LogP contribution is -2.51. The fourth-order valence-electron chi connectivity index (χ4n) is 2.29. The summed E-state index contributed by atoms with van der Waals surface area (Å²) in [5.41, 5.74) is 0. The van der Waals surface area contributed by atoms with E-state index in [0.29, 0.717) is 10.2 Å². The predicted molar refractivity (Wildman–Crippen MR) is 81.5 cm³/mol. The molecule has 0 saturated carbocycles. The monoisotopic (exact) mass is 362 g/mol. The molecule has 0 bridgehead atoms. The van der Waals surface area contributed by atoms with E-state index in [1.807, 2.05) is 6.92 Å². The highest BCUT2D eigenvalue weighted by Gasteiger charge is 2.27. The second-order valence-electron chi connectivity index (χ2n) is 4.91. The van der Waals surface area contributed by atoms with Gasteiger partial charge in [0.25, 0.3) is 0 Å². The van der Waals surface area contributed by atoms with Gasteiger partial charge in [0.2, 0.25) is 10.0 Å². The Balaban J connectivity index is 2.21. The number of piperidine rings is 1. The molecule has 5 nitrogen and oxygen atoms in total. The minimum absolute atomic E-state index is 0.0808. The largest absolute Gasteiger partial charge is 0.497 e. The molecular weight excluding hydrogens is 344 g/mol. The van der Waals surface area contributed by atoms with Crippen LogP contribution in [0.4, 0.5) is 0 Å². The Hall–Kier alpha value is -0.630. The number of hydrogen-bond acceptors (Lipinski definition) is 4. The first-order valence-electron chi connectivity index (χ1n) is 6.53. The first-order valence-corrected chi connectivity index (χ1v) is 8.81. The van der Waals surface area contributed by atoms with Crippen molar-refractivity contribution in [2.24, 2.45) is 0 Å². The molecule has 1 heterocycles. The lowest BCUT2D eigenvalue weighted by Gasteiger charge is -2.30. The molecule has 2 unspecified atom stereocenters. The Morgan fingerprint density at radius 2 is 2.20 bits per heavy atom. The predicted octanol–water partition coefficient (Wildman–Crippen LogP) is 1.88. The topological polar surface area (TPSA) is 67.4 Å². The summed E-state index contributed by atoms with van der Waals surface area (Å²) >= 11 is 3.29. The highest BCUT2D eigenvalue weighted by atomic mass is 79.9. The van der Waals surface area contributed by atoms with Crippen LogP contribution in [0.25, 0.3) is 0 Å². The number of nitrogens with one attached hydrogen (secondary N) is 2. The van der Waals surface area contributed by atoms with Gasteiger partial charge in [0.15, 0.2) is 0 Å². The maximum Gasteiger partial charge on any atom is 0.241 e. The lowest BCUT2D eigenvalue weighted by atomic mass is 10.0. The SMILES string of the molecule is COc1ccc(S(=O)(=O)NC2CCCNC2C)c(Br)c1. The molecule has 1 aliphatic heterocycles. The third-order valence-corrected chi connectivity index (χ3v) is 5.96. The van der Waals surface area contributed by atoms with Gasteiger partial charge in [0, 0.05) is 16.6 Å². The van der Waals surface area contributed by atoms with Crippen LogP contribution in [-0.2, 0) is 10.0 Å². The van der Waals surface area contributed by atoms with E-state index in [2.05, 4.69) is 26.0 Å². The third-order valence-electron chi connectivity index (χ3n) is 3.50. The molecule has 1 aromatic rings. The summed E-state index contributed by atoms with van der Waals surface area (Å²) in [7, 11) is -2.00. The Morgan fingerprint density at radius 1 is 1.45 bits per heavy atom. The Morgan fingerprint density at radius 3 is 2.80 bits per heavy atom. The van der Waals surface area contributed by atoms with E-state index >= 15 is 0 Å². The van der Waals surface area contributed by atoms with E-state index in [4.69, 9.17) is 4.74 Å². The molecule has 1 aliphatic rings. The first-order chi connectivity index (χ1) is 9.44. The van der Waals surface area contributed by atoms with Crippen molar-refractivity contribution in [1.29, 1.82) is 0 Å². The molecule has 7 heteroatoms. The van der Waals surface area contributed by atoms with Crippen LogP contribution in [0.2, 0.25) is 0 Å². The summed E-state index contributed by atoms with van der Waals surface area (Å²) in [4.78, 5) is 0.232. The molecule has 0 spiro atoms. The minimum Gasteiger partial charge on any atom is -0.497 e. The van der Waals surface area contributed by atoms with Crippen LogP contribution in [0.1, 0.15) is 19.8 Å². The molecule has 0 aromatic heterocycles. The van der Waals surface area contributed by atoms with E-state index in [-0.39, 0.29) is 17.0 Å². The second kappa shape index (κ2) is 6.43. The molecular formula is C13H19BrN2O3S. The summed E-state index contributed by atoms with van der Waals surface area (Å²) in [6.45, 7) is 2.93. The van der Waals surface area contributed by atoms with Crippen LogP contribution in [0.15, 0.2) is 27.6 Å². The van der Waals surface area contributed by atoms with Gasteiger partial charge < -0.3 is 10.1 Å². The summed E-state index contributed by atoms with van der Waals surface area (Å²) in [6, 6.07) is 4.89. The highest BCUT2D eigenvalue weighted by molar-refractivity contribution is 9.10. The number of benzene rings is 1. The van der Waals surface area contributed by atoms with E-state index < -0.39 is 10.0 Å². The first kappa shape index (κ1) is 15.8. The molecule has 1 aromatic carbocycles. The molecule has 0 amide bonds.